The van der Waals surface area contributed by atoms with Crippen molar-refractivity contribution in [2.75, 3.05) is 26.8 Å². The highest BCUT2D eigenvalue weighted by molar-refractivity contribution is 7.11. The molecule has 0 fully saturated rings. The molecule has 0 aliphatic carbocycles. The fourth-order valence-electron chi connectivity index (χ4n) is 2.08. The van der Waals surface area contributed by atoms with Crippen LogP contribution in [0.3, 0.4) is 0 Å². The first kappa shape index (κ1) is 16.1. The normalized spacial score (nSPS) is 11.8. The van der Waals surface area contributed by atoms with Crippen molar-refractivity contribution in [1.82, 2.24) is 15.5 Å². The minimum atomic E-state index is -0.0966. The summed E-state index contributed by atoms with van der Waals surface area (Å²) in [4.78, 5) is 0. The molecule has 1 aromatic heterocycles. The van der Waals surface area contributed by atoms with Crippen LogP contribution >= 0.6 is 11.3 Å². The van der Waals surface area contributed by atoms with Gasteiger partial charge in [-0.05, 0) is 19.4 Å². The van der Waals surface area contributed by atoms with Gasteiger partial charge in [-0.2, -0.15) is 0 Å². The van der Waals surface area contributed by atoms with Gasteiger partial charge >= 0.3 is 0 Å². The summed E-state index contributed by atoms with van der Waals surface area (Å²) in [7, 11) is 1.71. The van der Waals surface area contributed by atoms with Crippen molar-refractivity contribution in [2.45, 2.75) is 25.7 Å². The second-order valence-electron chi connectivity index (χ2n) is 5.48. The molecule has 0 aliphatic heterocycles. The second kappa shape index (κ2) is 7.64. The Morgan fingerprint density at radius 1 is 1.14 bits per heavy atom. The molecule has 2 rings (SSSR count). The van der Waals surface area contributed by atoms with Gasteiger partial charge in [0, 0.05) is 32.0 Å². The highest BCUT2D eigenvalue weighted by Crippen LogP contribution is 2.33. The van der Waals surface area contributed by atoms with E-state index in [9.17, 15) is 0 Å². The first-order chi connectivity index (χ1) is 10.1. The fraction of sp³-hybridized carbons (Fsp3) is 0.500. The standard InChI is InChI=1S/C16H23N3OS/c1-16(2,13-7-5-4-6-8-13)15-19-18-14(21-15)9-10-17-11-12-20-3/h4-8,17H,9-12H2,1-3H3. The fourth-order valence-corrected chi connectivity index (χ4v) is 3.04. The number of aromatic nitrogens is 2. The van der Waals surface area contributed by atoms with Crippen LogP contribution in [0.15, 0.2) is 30.3 Å². The van der Waals surface area contributed by atoms with E-state index in [1.165, 1.54) is 5.56 Å². The third-order valence-corrected chi connectivity index (χ3v) is 4.80. The van der Waals surface area contributed by atoms with E-state index in [-0.39, 0.29) is 5.41 Å². The summed E-state index contributed by atoms with van der Waals surface area (Å²) in [5.41, 5.74) is 1.17. The van der Waals surface area contributed by atoms with Crippen molar-refractivity contribution >= 4 is 11.3 Å². The van der Waals surface area contributed by atoms with Crippen LogP contribution in [0.5, 0.6) is 0 Å². The van der Waals surface area contributed by atoms with Gasteiger partial charge in [0.25, 0.3) is 0 Å². The van der Waals surface area contributed by atoms with Crippen LogP contribution in [0, 0.1) is 0 Å². The first-order valence-corrected chi connectivity index (χ1v) is 8.04. The molecular formula is C16H23N3OS. The van der Waals surface area contributed by atoms with Crippen molar-refractivity contribution in [1.29, 1.82) is 0 Å². The molecule has 0 atom stereocenters. The third-order valence-electron chi connectivity index (χ3n) is 3.50. The monoisotopic (exact) mass is 305 g/mol. The maximum Gasteiger partial charge on any atom is 0.127 e. The quantitative estimate of drug-likeness (QED) is 0.762. The minimum Gasteiger partial charge on any atom is -0.383 e. The van der Waals surface area contributed by atoms with Crippen LogP contribution in [0.2, 0.25) is 0 Å². The van der Waals surface area contributed by atoms with Crippen LogP contribution in [0.25, 0.3) is 0 Å². The summed E-state index contributed by atoms with van der Waals surface area (Å²) >= 11 is 1.70. The summed E-state index contributed by atoms with van der Waals surface area (Å²) in [5, 5.41) is 14.2. The number of nitrogens with zero attached hydrogens (tertiary/aromatic N) is 2. The largest absolute Gasteiger partial charge is 0.383 e. The molecule has 0 unspecified atom stereocenters. The van der Waals surface area contributed by atoms with Crippen LogP contribution in [-0.4, -0.2) is 37.0 Å². The predicted molar refractivity (Wildman–Crippen MR) is 86.9 cm³/mol. The van der Waals surface area contributed by atoms with E-state index in [2.05, 4.69) is 53.6 Å². The van der Waals surface area contributed by atoms with Gasteiger partial charge < -0.3 is 10.1 Å². The maximum atomic E-state index is 5.00. The van der Waals surface area contributed by atoms with Crippen molar-refractivity contribution < 1.29 is 4.74 Å². The van der Waals surface area contributed by atoms with Gasteiger partial charge in [-0.1, -0.05) is 30.3 Å². The zero-order chi connectivity index (χ0) is 15.1. The highest BCUT2D eigenvalue weighted by Gasteiger charge is 2.27. The molecule has 0 spiro atoms. The number of ether oxygens (including phenoxy) is 1. The Morgan fingerprint density at radius 2 is 1.90 bits per heavy atom. The van der Waals surface area contributed by atoms with Crippen LogP contribution < -0.4 is 5.32 Å². The molecule has 5 heteroatoms. The Bertz CT molecular complexity index is 539. The number of nitrogens with one attached hydrogen (secondary N) is 1. The van der Waals surface area contributed by atoms with E-state index in [4.69, 9.17) is 4.74 Å². The smallest absolute Gasteiger partial charge is 0.127 e. The Kier molecular flexibility index (Phi) is 5.85. The number of methoxy groups -OCH3 is 1. The van der Waals surface area contributed by atoms with Crippen LogP contribution in [0.4, 0.5) is 0 Å². The van der Waals surface area contributed by atoms with Gasteiger partial charge in [0.2, 0.25) is 0 Å². The van der Waals surface area contributed by atoms with Crippen molar-refractivity contribution in [3.63, 3.8) is 0 Å². The lowest BCUT2D eigenvalue weighted by Gasteiger charge is -2.21. The molecule has 2 aromatic rings. The summed E-state index contributed by atoms with van der Waals surface area (Å²) in [6.45, 7) is 6.91. The number of hydrogen-bond acceptors (Lipinski definition) is 5. The zero-order valence-electron chi connectivity index (χ0n) is 12.9. The van der Waals surface area contributed by atoms with Gasteiger partial charge in [0.1, 0.15) is 10.0 Å². The Morgan fingerprint density at radius 3 is 2.62 bits per heavy atom. The van der Waals surface area contributed by atoms with Gasteiger partial charge in [-0.3, -0.25) is 0 Å². The van der Waals surface area contributed by atoms with Crippen molar-refractivity contribution in [3.8, 4) is 0 Å². The molecule has 0 saturated heterocycles. The van der Waals surface area contributed by atoms with E-state index < -0.39 is 0 Å². The van der Waals surface area contributed by atoms with Crippen LogP contribution in [0.1, 0.15) is 29.4 Å². The number of hydrogen-bond donors (Lipinski definition) is 1. The topological polar surface area (TPSA) is 47.0 Å². The minimum absolute atomic E-state index is 0.0966. The lowest BCUT2D eigenvalue weighted by atomic mass is 9.85. The molecular weight excluding hydrogens is 282 g/mol. The first-order valence-electron chi connectivity index (χ1n) is 7.22. The van der Waals surface area contributed by atoms with Crippen molar-refractivity contribution in [2.24, 2.45) is 0 Å². The maximum absolute atomic E-state index is 5.00. The lowest BCUT2D eigenvalue weighted by Crippen LogP contribution is -2.21. The van der Waals surface area contributed by atoms with E-state index in [1.807, 2.05) is 6.07 Å². The van der Waals surface area contributed by atoms with E-state index >= 15 is 0 Å². The van der Waals surface area contributed by atoms with Gasteiger partial charge in [0.05, 0.1) is 6.61 Å². The highest BCUT2D eigenvalue weighted by atomic mass is 32.1. The molecule has 0 bridgehead atoms. The molecule has 114 valence electrons. The van der Waals surface area contributed by atoms with E-state index in [1.54, 1.807) is 18.4 Å². The summed E-state index contributed by atoms with van der Waals surface area (Å²) in [6, 6.07) is 10.5. The third kappa shape index (κ3) is 4.33. The van der Waals surface area contributed by atoms with E-state index in [0.717, 1.165) is 36.1 Å². The SMILES string of the molecule is COCCNCCc1nnc(C(C)(C)c2ccccc2)s1. The Balaban J connectivity index is 1.96. The Hall–Kier alpha value is -1.30. The lowest BCUT2D eigenvalue weighted by molar-refractivity contribution is 0.199. The molecule has 1 heterocycles. The van der Waals surface area contributed by atoms with E-state index in [0.29, 0.717) is 0 Å². The summed E-state index contributed by atoms with van der Waals surface area (Å²) in [6.07, 6.45) is 0.909. The number of rotatable bonds is 8. The second-order valence-corrected chi connectivity index (χ2v) is 6.55. The van der Waals surface area contributed by atoms with Crippen LogP contribution in [-0.2, 0) is 16.6 Å². The van der Waals surface area contributed by atoms with Crippen molar-refractivity contribution in [3.05, 3.63) is 45.9 Å². The molecule has 4 nitrogen and oxygen atoms in total. The molecule has 21 heavy (non-hydrogen) atoms. The molecule has 1 aromatic carbocycles. The zero-order valence-corrected chi connectivity index (χ0v) is 13.7. The molecule has 0 aliphatic rings. The Labute approximate surface area is 130 Å². The molecule has 0 radical (unpaired) electrons. The van der Waals surface area contributed by atoms with Gasteiger partial charge in [-0.15, -0.1) is 21.5 Å². The average Bonchev–Trinajstić information content (AvgIpc) is 2.98. The molecule has 0 amide bonds. The number of benzene rings is 1. The average molecular weight is 305 g/mol. The summed E-state index contributed by atoms with van der Waals surface area (Å²) < 4.78 is 5.00. The molecule has 0 saturated carbocycles. The van der Waals surface area contributed by atoms with Gasteiger partial charge in [0.15, 0.2) is 0 Å². The predicted octanol–water partition coefficient (Wildman–Crippen LogP) is 2.64. The summed E-state index contributed by atoms with van der Waals surface area (Å²) in [5.74, 6) is 0. The van der Waals surface area contributed by atoms with Gasteiger partial charge in [-0.25, -0.2) is 0 Å². The molecule has 1 N–H and O–H groups in total.